The highest BCUT2D eigenvalue weighted by molar-refractivity contribution is 5.96. The van der Waals surface area contributed by atoms with E-state index >= 15 is 0 Å². The lowest BCUT2D eigenvalue weighted by Gasteiger charge is -2.51. The number of ketones is 1. The van der Waals surface area contributed by atoms with E-state index in [0.29, 0.717) is 17.1 Å². The van der Waals surface area contributed by atoms with Gasteiger partial charge in [0.1, 0.15) is 0 Å². The summed E-state index contributed by atoms with van der Waals surface area (Å²) < 4.78 is 0. The Labute approximate surface area is 92.9 Å². The minimum Gasteiger partial charge on any atom is -0.295 e. The highest BCUT2D eigenvalue weighted by Crippen LogP contribution is 2.55. The van der Waals surface area contributed by atoms with E-state index in [-0.39, 0.29) is 5.41 Å². The third-order valence-electron chi connectivity index (χ3n) is 4.65. The Morgan fingerprint density at radius 2 is 1.93 bits per heavy atom. The molecule has 0 spiro atoms. The predicted molar refractivity (Wildman–Crippen MR) is 62.6 cm³/mol. The van der Waals surface area contributed by atoms with Crippen molar-refractivity contribution >= 4 is 5.78 Å². The van der Waals surface area contributed by atoms with Gasteiger partial charge < -0.3 is 0 Å². The first kappa shape index (κ1) is 10.9. The Bertz CT molecular complexity index is 324. The normalized spacial score (nSPS) is 39.6. The molecule has 0 radical (unpaired) electrons. The summed E-state index contributed by atoms with van der Waals surface area (Å²) in [5.41, 5.74) is 1.60. The van der Waals surface area contributed by atoms with E-state index in [2.05, 4.69) is 26.8 Å². The quantitative estimate of drug-likeness (QED) is 0.590. The second-order valence-electron chi connectivity index (χ2n) is 6.36. The Morgan fingerprint density at radius 3 is 2.60 bits per heavy atom. The van der Waals surface area contributed by atoms with Crippen molar-refractivity contribution in [3.05, 3.63) is 11.6 Å². The van der Waals surface area contributed by atoms with Gasteiger partial charge in [-0.15, -0.1) is 0 Å². The van der Waals surface area contributed by atoms with Crippen molar-refractivity contribution in [2.24, 2.45) is 16.7 Å². The standard InChI is InChI=1S/C14H22O/c1-10-9-14(4)7-5-6-13(2,3)12(14)8-11(10)15/h9,12H,5-8H2,1-4H3/t12-,14+/m0/s1. The zero-order valence-corrected chi connectivity index (χ0v) is 10.4. The molecular formula is C14H22O. The van der Waals surface area contributed by atoms with Gasteiger partial charge >= 0.3 is 0 Å². The fourth-order valence-electron chi connectivity index (χ4n) is 3.77. The Hall–Kier alpha value is -0.590. The maximum absolute atomic E-state index is 11.8. The van der Waals surface area contributed by atoms with Crippen molar-refractivity contribution < 1.29 is 4.79 Å². The van der Waals surface area contributed by atoms with Crippen LogP contribution in [0.4, 0.5) is 0 Å². The van der Waals surface area contributed by atoms with Gasteiger partial charge in [0, 0.05) is 6.42 Å². The van der Waals surface area contributed by atoms with Gasteiger partial charge in [0.15, 0.2) is 5.78 Å². The average Bonchev–Trinajstić information content (AvgIpc) is 2.09. The molecule has 2 atom stereocenters. The average molecular weight is 206 g/mol. The summed E-state index contributed by atoms with van der Waals surface area (Å²) in [6.45, 7) is 8.98. The van der Waals surface area contributed by atoms with Crippen molar-refractivity contribution in [3.8, 4) is 0 Å². The SMILES string of the molecule is CC1=C[C@@]2(C)CCCC(C)(C)[C@@H]2CC1=O. The lowest BCUT2D eigenvalue weighted by Crippen LogP contribution is -2.44. The molecule has 0 amide bonds. The molecule has 0 aromatic rings. The van der Waals surface area contributed by atoms with Gasteiger partial charge in [0.2, 0.25) is 0 Å². The summed E-state index contributed by atoms with van der Waals surface area (Å²) in [7, 11) is 0. The minimum absolute atomic E-state index is 0.278. The lowest BCUT2D eigenvalue weighted by molar-refractivity contribution is -0.121. The smallest absolute Gasteiger partial charge is 0.158 e. The summed E-state index contributed by atoms with van der Waals surface area (Å²) in [5.74, 6) is 0.919. The fraction of sp³-hybridized carbons (Fsp3) is 0.786. The van der Waals surface area contributed by atoms with Crippen LogP contribution in [0.5, 0.6) is 0 Å². The molecule has 0 saturated heterocycles. The second kappa shape index (κ2) is 3.20. The van der Waals surface area contributed by atoms with Gasteiger partial charge in [-0.05, 0) is 42.1 Å². The topological polar surface area (TPSA) is 17.1 Å². The molecule has 2 aliphatic carbocycles. The van der Waals surface area contributed by atoms with E-state index < -0.39 is 0 Å². The number of fused-ring (bicyclic) bond motifs is 1. The van der Waals surface area contributed by atoms with E-state index in [4.69, 9.17) is 0 Å². The van der Waals surface area contributed by atoms with Crippen LogP contribution in [0, 0.1) is 16.7 Å². The fourth-order valence-corrected chi connectivity index (χ4v) is 3.77. The molecule has 0 aliphatic heterocycles. The molecular weight excluding hydrogens is 184 g/mol. The van der Waals surface area contributed by atoms with Crippen LogP contribution in [-0.4, -0.2) is 5.78 Å². The summed E-state index contributed by atoms with van der Waals surface area (Å²) in [5, 5.41) is 0. The van der Waals surface area contributed by atoms with E-state index in [1.54, 1.807) is 0 Å². The molecule has 2 aliphatic rings. The molecule has 1 fully saturated rings. The highest BCUT2D eigenvalue weighted by atomic mass is 16.1. The van der Waals surface area contributed by atoms with Crippen molar-refractivity contribution in [3.63, 3.8) is 0 Å². The number of carbonyl (C=O) groups excluding carboxylic acids is 1. The number of rotatable bonds is 0. The van der Waals surface area contributed by atoms with Crippen LogP contribution in [0.1, 0.15) is 53.4 Å². The van der Waals surface area contributed by atoms with Crippen LogP contribution in [0.2, 0.25) is 0 Å². The van der Waals surface area contributed by atoms with E-state index in [1.807, 2.05) is 6.92 Å². The summed E-state index contributed by atoms with van der Waals surface area (Å²) >= 11 is 0. The van der Waals surface area contributed by atoms with Gasteiger partial charge in [0.25, 0.3) is 0 Å². The van der Waals surface area contributed by atoms with E-state index in [1.165, 1.54) is 19.3 Å². The Morgan fingerprint density at radius 1 is 1.27 bits per heavy atom. The number of hydrogen-bond donors (Lipinski definition) is 0. The Balaban J connectivity index is 2.41. The van der Waals surface area contributed by atoms with Crippen LogP contribution in [0.3, 0.4) is 0 Å². The molecule has 1 saturated carbocycles. The van der Waals surface area contributed by atoms with Gasteiger partial charge in [0.05, 0.1) is 0 Å². The summed E-state index contributed by atoms with van der Waals surface area (Å²) in [6.07, 6.45) is 6.85. The predicted octanol–water partition coefficient (Wildman–Crippen LogP) is 3.74. The van der Waals surface area contributed by atoms with Crippen LogP contribution in [-0.2, 0) is 4.79 Å². The zero-order chi connectivity index (χ0) is 11.3. The zero-order valence-electron chi connectivity index (χ0n) is 10.4. The van der Waals surface area contributed by atoms with Crippen LogP contribution in [0.25, 0.3) is 0 Å². The Kier molecular flexibility index (Phi) is 2.33. The van der Waals surface area contributed by atoms with Crippen LogP contribution < -0.4 is 0 Å². The first-order valence-corrected chi connectivity index (χ1v) is 6.08. The van der Waals surface area contributed by atoms with Gasteiger partial charge in [-0.2, -0.15) is 0 Å². The number of hydrogen-bond acceptors (Lipinski definition) is 1. The van der Waals surface area contributed by atoms with E-state index in [9.17, 15) is 4.79 Å². The van der Waals surface area contributed by atoms with Crippen molar-refractivity contribution in [1.82, 2.24) is 0 Å². The van der Waals surface area contributed by atoms with Crippen LogP contribution in [0.15, 0.2) is 11.6 Å². The number of carbonyl (C=O) groups is 1. The molecule has 1 nitrogen and oxygen atoms in total. The van der Waals surface area contributed by atoms with Crippen molar-refractivity contribution in [2.45, 2.75) is 53.4 Å². The molecule has 0 bridgehead atoms. The number of Topliss-reactive ketones (excluding diaryl/α,β-unsaturated/α-hetero) is 1. The monoisotopic (exact) mass is 206 g/mol. The molecule has 84 valence electrons. The summed E-state index contributed by atoms with van der Waals surface area (Å²) in [6, 6.07) is 0. The molecule has 2 rings (SSSR count). The molecule has 0 aromatic heterocycles. The largest absolute Gasteiger partial charge is 0.295 e. The molecule has 0 N–H and O–H groups in total. The van der Waals surface area contributed by atoms with Gasteiger partial charge in [-0.25, -0.2) is 0 Å². The third kappa shape index (κ3) is 1.66. The summed E-state index contributed by atoms with van der Waals surface area (Å²) in [4.78, 5) is 11.8. The molecule has 0 heterocycles. The first-order valence-electron chi connectivity index (χ1n) is 6.08. The molecule has 0 unspecified atom stereocenters. The molecule has 15 heavy (non-hydrogen) atoms. The van der Waals surface area contributed by atoms with Crippen molar-refractivity contribution in [2.75, 3.05) is 0 Å². The molecule has 1 heteroatoms. The molecule has 0 aromatic carbocycles. The third-order valence-corrected chi connectivity index (χ3v) is 4.65. The number of allylic oxidation sites excluding steroid dienone is 2. The lowest BCUT2D eigenvalue weighted by atomic mass is 9.53. The van der Waals surface area contributed by atoms with Crippen LogP contribution >= 0.6 is 0 Å². The second-order valence-corrected chi connectivity index (χ2v) is 6.36. The highest BCUT2D eigenvalue weighted by Gasteiger charge is 2.48. The van der Waals surface area contributed by atoms with Gasteiger partial charge in [-0.1, -0.05) is 33.3 Å². The maximum atomic E-state index is 11.8. The van der Waals surface area contributed by atoms with Gasteiger partial charge in [-0.3, -0.25) is 4.79 Å². The minimum atomic E-state index is 0.278. The van der Waals surface area contributed by atoms with E-state index in [0.717, 1.165) is 12.0 Å². The first-order chi connectivity index (χ1) is 6.85. The van der Waals surface area contributed by atoms with Crippen molar-refractivity contribution in [1.29, 1.82) is 0 Å². The maximum Gasteiger partial charge on any atom is 0.158 e.